The fourth-order valence-electron chi connectivity index (χ4n) is 2.63. The van der Waals surface area contributed by atoms with Gasteiger partial charge in [0.1, 0.15) is 0 Å². The van der Waals surface area contributed by atoms with E-state index >= 15 is 0 Å². The van der Waals surface area contributed by atoms with E-state index in [4.69, 9.17) is 0 Å². The molecule has 0 radical (unpaired) electrons. The molecule has 1 rings (SSSR count). The SMILES string of the molecule is CC(C)(C)CC(C)(C)c1ccc(CSOS(=O)(=O)[O-])cc1. The first-order valence-electron chi connectivity index (χ1n) is 6.75. The van der Waals surface area contributed by atoms with Crippen LogP contribution in [0.2, 0.25) is 0 Å². The topological polar surface area (TPSA) is 66.4 Å². The number of hydrogen-bond acceptors (Lipinski definition) is 5. The first kappa shape index (κ1) is 18.5. The largest absolute Gasteiger partial charge is 0.725 e. The van der Waals surface area contributed by atoms with E-state index in [9.17, 15) is 13.0 Å². The molecule has 4 nitrogen and oxygen atoms in total. The van der Waals surface area contributed by atoms with E-state index in [0.29, 0.717) is 17.8 Å². The van der Waals surface area contributed by atoms with Gasteiger partial charge in [-0.3, -0.25) is 0 Å². The van der Waals surface area contributed by atoms with Crippen LogP contribution >= 0.6 is 12.0 Å². The van der Waals surface area contributed by atoms with Crippen LogP contribution in [0.4, 0.5) is 0 Å². The predicted molar refractivity (Wildman–Crippen MR) is 85.6 cm³/mol. The summed E-state index contributed by atoms with van der Waals surface area (Å²) in [6.45, 7) is 11.1. The van der Waals surface area contributed by atoms with E-state index in [-0.39, 0.29) is 10.8 Å². The van der Waals surface area contributed by atoms with Crippen LogP contribution in [0.1, 0.15) is 52.2 Å². The van der Waals surface area contributed by atoms with Crippen molar-refractivity contribution in [1.82, 2.24) is 0 Å². The van der Waals surface area contributed by atoms with Crippen molar-refractivity contribution in [3.8, 4) is 0 Å². The molecule has 0 fully saturated rings. The fraction of sp³-hybridized carbons (Fsp3) is 0.600. The van der Waals surface area contributed by atoms with Crippen LogP contribution in [0.5, 0.6) is 0 Å². The van der Waals surface area contributed by atoms with Gasteiger partial charge in [-0.15, -0.1) is 0 Å². The van der Waals surface area contributed by atoms with Crippen molar-refractivity contribution in [1.29, 1.82) is 0 Å². The zero-order valence-corrected chi connectivity index (χ0v) is 14.8. The van der Waals surface area contributed by atoms with Gasteiger partial charge in [-0.1, -0.05) is 58.9 Å². The molecule has 0 saturated heterocycles. The minimum Gasteiger partial charge on any atom is -0.725 e. The maximum absolute atomic E-state index is 10.3. The third-order valence-corrected chi connectivity index (χ3v) is 4.57. The van der Waals surface area contributed by atoms with Crippen LogP contribution in [-0.4, -0.2) is 13.0 Å². The normalized spacial score (nSPS) is 13.4. The molecule has 120 valence electrons. The van der Waals surface area contributed by atoms with Gasteiger partial charge in [-0.2, -0.15) is 0 Å². The van der Waals surface area contributed by atoms with E-state index in [0.717, 1.165) is 12.0 Å². The summed E-state index contributed by atoms with van der Waals surface area (Å²) in [6.07, 6.45) is 1.06. The van der Waals surface area contributed by atoms with Gasteiger partial charge in [0.05, 0.1) is 0 Å². The summed E-state index contributed by atoms with van der Waals surface area (Å²) in [6, 6.07) is 7.97. The number of hydrogen-bond donors (Lipinski definition) is 0. The van der Waals surface area contributed by atoms with Crippen molar-refractivity contribution in [3.05, 3.63) is 35.4 Å². The van der Waals surface area contributed by atoms with Crippen LogP contribution in [0.3, 0.4) is 0 Å². The highest BCUT2D eigenvalue weighted by atomic mass is 32.3. The lowest BCUT2D eigenvalue weighted by molar-refractivity contribution is 0.284. The molecular formula is C15H23O4S2-. The molecular weight excluding hydrogens is 308 g/mol. The summed E-state index contributed by atoms with van der Waals surface area (Å²) in [5, 5.41) is 0. The van der Waals surface area contributed by atoms with Gasteiger partial charge in [0.15, 0.2) is 0 Å². The van der Waals surface area contributed by atoms with E-state index in [1.54, 1.807) is 0 Å². The Morgan fingerprint density at radius 3 is 2.05 bits per heavy atom. The summed E-state index contributed by atoms with van der Waals surface area (Å²) in [7, 11) is -4.63. The van der Waals surface area contributed by atoms with E-state index in [1.165, 1.54) is 5.56 Å². The standard InChI is InChI=1S/C15H24O4S2/c1-14(2,3)11-15(4,5)13-8-6-12(7-9-13)10-20-19-21(16,17)18/h6-9H,10-11H2,1-5H3,(H,16,17,18)/p-1. The number of benzene rings is 1. The molecule has 0 aromatic heterocycles. The van der Waals surface area contributed by atoms with Crippen molar-refractivity contribution in [2.45, 2.75) is 52.2 Å². The molecule has 1 aromatic carbocycles. The Morgan fingerprint density at radius 1 is 1.10 bits per heavy atom. The summed E-state index contributed by atoms with van der Waals surface area (Å²) in [4.78, 5) is 0. The lowest BCUT2D eigenvalue weighted by atomic mass is 9.72. The van der Waals surface area contributed by atoms with Crippen LogP contribution < -0.4 is 0 Å². The average molecular weight is 331 g/mol. The maximum atomic E-state index is 10.3. The second-order valence-electron chi connectivity index (χ2n) is 7.06. The Hall–Kier alpha value is -0.560. The minimum absolute atomic E-state index is 0.0682. The molecule has 0 aliphatic carbocycles. The molecule has 0 atom stereocenters. The quantitative estimate of drug-likeness (QED) is 0.447. The smallest absolute Gasteiger partial charge is 0.228 e. The molecule has 0 heterocycles. The summed E-state index contributed by atoms with van der Waals surface area (Å²) < 4.78 is 35.2. The van der Waals surface area contributed by atoms with Crippen molar-refractivity contribution in [2.75, 3.05) is 0 Å². The molecule has 0 saturated carbocycles. The average Bonchev–Trinajstić information content (AvgIpc) is 2.24. The van der Waals surface area contributed by atoms with Gasteiger partial charge in [-0.25, -0.2) is 12.0 Å². The second-order valence-corrected chi connectivity index (χ2v) is 8.94. The Kier molecular flexibility index (Phi) is 5.89. The van der Waals surface area contributed by atoms with Crippen LogP contribution in [-0.2, 0) is 25.2 Å². The van der Waals surface area contributed by atoms with Crippen LogP contribution in [0.25, 0.3) is 0 Å². The molecule has 0 aliphatic heterocycles. The van der Waals surface area contributed by atoms with Crippen molar-refractivity contribution in [3.63, 3.8) is 0 Å². The molecule has 21 heavy (non-hydrogen) atoms. The highest BCUT2D eigenvalue weighted by Crippen LogP contribution is 2.36. The van der Waals surface area contributed by atoms with Gasteiger partial charge < -0.3 is 4.55 Å². The predicted octanol–water partition coefficient (Wildman–Crippen LogP) is 4.03. The molecule has 0 aliphatic rings. The fourth-order valence-corrected chi connectivity index (χ4v) is 3.62. The monoisotopic (exact) mass is 331 g/mol. The summed E-state index contributed by atoms with van der Waals surface area (Å²) in [5.41, 5.74) is 2.47. The van der Waals surface area contributed by atoms with Gasteiger partial charge in [0.25, 0.3) is 0 Å². The van der Waals surface area contributed by atoms with Crippen molar-refractivity contribution >= 4 is 22.4 Å². The minimum atomic E-state index is -4.63. The Bertz CT molecular complexity index is 554. The third-order valence-electron chi connectivity index (χ3n) is 3.06. The van der Waals surface area contributed by atoms with Crippen LogP contribution in [0, 0.1) is 5.41 Å². The molecule has 6 heteroatoms. The summed E-state index contributed by atoms with van der Waals surface area (Å²) in [5.74, 6) is 0.321. The maximum Gasteiger partial charge on any atom is 0.228 e. The molecule has 0 N–H and O–H groups in total. The zero-order chi connectivity index (χ0) is 16.3. The Labute approximate surface area is 132 Å². The lowest BCUT2D eigenvalue weighted by Gasteiger charge is -2.33. The summed E-state index contributed by atoms with van der Waals surface area (Å²) >= 11 is 0.636. The van der Waals surface area contributed by atoms with Gasteiger partial charge >= 0.3 is 0 Å². The lowest BCUT2D eigenvalue weighted by Crippen LogP contribution is -2.24. The first-order chi connectivity index (χ1) is 9.39. The molecule has 1 aromatic rings. The highest BCUT2D eigenvalue weighted by Gasteiger charge is 2.26. The van der Waals surface area contributed by atoms with E-state index in [1.807, 2.05) is 24.3 Å². The van der Waals surface area contributed by atoms with Crippen molar-refractivity contribution < 1.29 is 16.6 Å². The molecule has 0 amide bonds. The zero-order valence-electron chi connectivity index (χ0n) is 13.2. The van der Waals surface area contributed by atoms with Gasteiger partial charge in [-0.05, 0) is 28.4 Å². The Morgan fingerprint density at radius 2 is 1.62 bits per heavy atom. The molecule has 0 spiro atoms. The third kappa shape index (κ3) is 7.31. The van der Waals surface area contributed by atoms with E-state index < -0.39 is 10.4 Å². The second kappa shape index (κ2) is 6.69. The van der Waals surface area contributed by atoms with Crippen LogP contribution in [0.15, 0.2) is 24.3 Å². The van der Waals surface area contributed by atoms with Crippen molar-refractivity contribution in [2.24, 2.45) is 5.41 Å². The number of rotatable bonds is 6. The first-order valence-corrected chi connectivity index (χ1v) is 9.00. The highest BCUT2D eigenvalue weighted by molar-refractivity contribution is 8.02. The molecule has 0 bridgehead atoms. The van der Waals surface area contributed by atoms with Gasteiger partial charge in [0, 0.05) is 17.8 Å². The van der Waals surface area contributed by atoms with Gasteiger partial charge in [0.2, 0.25) is 10.4 Å². The van der Waals surface area contributed by atoms with E-state index in [2.05, 4.69) is 38.2 Å². The molecule has 0 unspecified atom stereocenters. The Balaban J connectivity index is 2.69.